The number of likely N-dealkylation sites (tertiary alicyclic amines) is 1. The highest BCUT2D eigenvalue weighted by molar-refractivity contribution is 6.02. The second kappa shape index (κ2) is 6.90. The minimum absolute atomic E-state index is 0.0358. The first-order valence-electron chi connectivity index (χ1n) is 8.93. The van der Waals surface area contributed by atoms with Crippen LogP contribution in [0.1, 0.15) is 51.9 Å². The maximum absolute atomic E-state index is 12.8. The van der Waals surface area contributed by atoms with Gasteiger partial charge < -0.3 is 19.7 Å². The number of H-pyrrole nitrogens is 1. The zero-order chi connectivity index (χ0) is 18.1. The van der Waals surface area contributed by atoms with Crippen LogP contribution >= 0.6 is 0 Å². The molecule has 7 heteroatoms. The normalized spacial score (nSPS) is 18.0. The molecule has 0 bridgehead atoms. The molecule has 3 amide bonds. The van der Waals surface area contributed by atoms with E-state index in [1.165, 1.54) is 6.92 Å². The lowest BCUT2D eigenvalue weighted by Gasteiger charge is -2.36. The zero-order valence-electron chi connectivity index (χ0n) is 15.2. The van der Waals surface area contributed by atoms with Crippen LogP contribution in [0.2, 0.25) is 0 Å². The van der Waals surface area contributed by atoms with Gasteiger partial charge in [-0.25, -0.2) is 4.79 Å². The number of Topliss-reactive ketones (excluding diaryl/α,β-unsaturated/α-hetero) is 1. The second-order valence-electron chi connectivity index (χ2n) is 6.94. The van der Waals surface area contributed by atoms with Crippen molar-refractivity contribution >= 4 is 17.7 Å². The van der Waals surface area contributed by atoms with E-state index in [9.17, 15) is 14.4 Å². The SMILES string of the molecule is CC(=O)c1c(C)[nH]c(C(=O)N2CCN(C(=O)N3CCCC3)CC2)c1C. The van der Waals surface area contributed by atoms with Gasteiger partial charge in [-0.3, -0.25) is 9.59 Å². The van der Waals surface area contributed by atoms with Crippen molar-refractivity contribution in [3.05, 3.63) is 22.5 Å². The molecule has 2 saturated heterocycles. The van der Waals surface area contributed by atoms with Crippen molar-refractivity contribution < 1.29 is 14.4 Å². The van der Waals surface area contributed by atoms with Crippen molar-refractivity contribution in [3.8, 4) is 0 Å². The van der Waals surface area contributed by atoms with Gasteiger partial charge in [0.25, 0.3) is 5.91 Å². The summed E-state index contributed by atoms with van der Waals surface area (Å²) < 4.78 is 0. The fourth-order valence-electron chi connectivity index (χ4n) is 3.86. The third-order valence-corrected chi connectivity index (χ3v) is 5.22. The minimum atomic E-state index is -0.0960. The number of ketones is 1. The van der Waals surface area contributed by atoms with E-state index in [0.717, 1.165) is 31.6 Å². The molecule has 3 rings (SSSR count). The number of aromatic amines is 1. The lowest BCUT2D eigenvalue weighted by molar-refractivity contribution is 0.0639. The lowest BCUT2D eigenvalue weighted by atomic mass is 10.1. The number of urea groups is 1. The number of nitrogens with zero attached hydrogens (tertiary/aromatic N) is 3. The Morgan fingerprint density at radius 2 is 1.36 bits per heavy atom. The molecule has 0 aromatic carbocycles. The maximum atomic E-state index is 12.8. The number of carbonyl (C=O) groups excluding carboxylic acids is 3. The quantitative estimate of drug-likeness (QED) is 0.830. The molecule has 0 saturated carbocycles. The van der Waals surface area contributed by atoms with E-state index in [4.69, 9.17) is 0 Å². The largest absolute Gasteiger partial charge is 0.354 e. The molecule has 0 radical (unpaired) electrons. The number of carbonyl (C=O) groups is 3. The summed E-state index contributed by atoms with van der Waals surface area (Å²) in [5, 5.41) is 0. The Kier molecular flexibility index (Phi) is 4.83. The molecule has 25 heavy (non-hydrogen) atoms. The molecule has 0 unspecified atom stereocenters. The van der Waals surface area contributed by atoms with Gasteiger partial charge in [0, 0.05) is 50.5 Å². The molecule has 0 spiro atoms. The van der Waals surface area contributed by atoms with Crippen molar-refractivity contribution in [1.29, 1.82) is 0 Å². The summed E-state index contributed by atoms with van der Waals surface area (Å²) in [6.07, 6.45) is 2.16. The number of hydrogen-bond acceptors (Lipinski definition) is 3. The smallest absolute Gasteiger partial charge is 0.320 e. The van der Waals surface area contributed by atoms with Crippen LogP contribution in [0, 0.1) is 13.8 Å². The molecule has 2 fully saturated rings. The van der Waals surface area contributed by atoms with Gasteiger partial charge in [0.05, 0.1) is 0 Å². The molecule has 7 nitrogen and oxygen atoms in total. The highest BCUT2D eigenvalue weighted by Gasteiger charge is 2.30. The van der Waals surface area contributed by atoms with E-state index in [1.807, 2.05) is 16.7 Å². The molecule has 0 atom stereocenters. The van der Waals surface area contributed by atoms with E-state index in [-0.39, 0.29) is 17.7 Å². The molecule has 136 valence electrons. The minimum Gasteiger partial charge on any atom is -0.354 e. The summed E-state index contributed by atoms with van der Waals surface area (Å²) in [7, 11) is 0. The van der Waals surface area contributed by atoms with E-state index in [1.54, 1.807) is 11.8 Å². The van der Waals surface area contributed by atoms with Gasteiger partial charge in [-0.05, 0) is 39.2 Å². The Balaban J connectivity index is 1.65. The standard InChI is InChI=1S/C18H26N4O3/c1-12-15(14(3)23)13(2)19-16(12)17(24)20-8-10-22(11-9-20)18(25)21-6-4-5-7-21/h19H,4-11H2,1-3H3. The molecule has 2 aliphatic rings. The first kappa shape index (κ1) is 17.5. The summed E-state index contributed by atoms with van der Waals surface area (Å²) in [6, 6.07) is 0.0929. The van der Waals surface area contributed by atoms with Gasteiger partial charge in [0.1, 0.15) is 5.69 Å². The summed E-state index contributed by atoms with van der Waals surface area (Å²) in [5.74, 6) is -0.132. The monoisotopic (exact) mass is 346 g/mol. The van der Waals surface area contributed by atoms with Gasteiger partial charge in [-0.15, -0.1) is 0 Å². The third kappa shape index (κ3) is 3.27. The van der Waals surface area contributed by atoms with Crippen LogP contribution in [0.3, 0.4) is 0 Å². The Hall–Kier alpha value is -2.31. The first-order valence-corrected chi connectivity index (χ1v) is 8.93. The summed E-state index contributed by atoms with van der Waals surface area (Å²) in [6.45, 7) is 8.96. The summed E-state index contributed by atoms with van der Waals surface area (Å²) in [4.78, 5) is 45.6. The van der Waals surface area contributed by atoms with Crippen LogP contribution in [0.4, 0.5) is 4.79 Å². The predicted octanol–water partition coefficient (Wildman–Crippen LogP) is 1.81. The predicted molar refractivity (Wildman–Crippen MR) is 94.0 cm³/mol. The van der Waals surface area contributed by atoms with Crippen LogP contribution in [-0.2, 0) is 0 Å². The van der Waals surface area contributed by atoms with Crippen molar-refractivity contribution in [1.82, 2.24) is 19.7 Å². The van der Waals surface area contributed by atoms with Gasteiger partial charge in [0.2, 0.25) is 0 Å². The number of hydrogen-bond donors (Lipinski definition) is 1. The average Bonchev–Trinajstić information content (AvgIpc) is 3.22. The Labute approximate surface area is 148 Å². The van der Waals surface area contributed by atoms with E-state index in [0.29, 0.717) is 43.0 Å². The van der Waals surface area contributed by atoms with E-state index >= 15 is 0 Å². The maximum Gasteiger partial charge on any atom is 0.320 e. The van der Waals surface area contributed by atoms with Gasteiger partial charge in [-0.1, -0.05) is 0 Å². The fraction of sp³-hybridized carbons (Fsp3) is 0.611. The molecular formula is C18H26N4O3. The van der Waals surface area contributed by atoms with E-state index < -0.39 is 0 Å². The average molecular weight is 346 g/mol. The summed E-state index contributed by atoms with van der Waals surface area (Å²) >= 11 is 0. The van der Waals surface area contributed by atoms with E-state index in [2.05, 4.69) is 4.98 Å². The Morgan fingerprint density at radius 1 is 0.840 bits per heavy atom. The van der Waals surface area contributed by atoms with Gasteiger partial charge in [-0.2, -0.15) is 0 Å². The van der Waals surface area contributed by atoms with Crippen molar-refractivity contribution in [2.75, 3.05) is 39.3 Å². The van der Waals surface area contributed by atoms with Crippen molar-refractivity contribution in [2.24, 2.45) is 0 Å². The second-order valence-corrected chi connectivity index (χ2v) is 6.94. The Morgan fingerprint density at radius 3 is 1.88 bits per heavy atom. The number of aromatic nitrogens is 1. The first-order chi connectivity index (χ1) is 11.9. The van der Waals surface area contributed by atoms with Crippen LogP contribution < -0.4 is 0 Å². The Bertz CT molecular complexity index is 695. The molecule has 1 aromatic heterocycles. The zero-order valence-corrected chi connectivity index (χ0v) is 15.2. The molecule has 1 N–H and O–H groups in total. The van der Waals surface area contributed by atoms with Crippen molar-refractivity contribution in [3.63, 3.8) is 0 Å². The molecule has 0 aliphatic carbocycles. The highest BCUT2D eigenvalue weighted by atomic mass is 16.2. The van der Waals surface area contributed by atoms with Gasteiger partial charge >= 0.3 is 6.03 Å². The lowest BCUT2D eigenvalue weighted by Crippen LogP contribution is -2.53. The molecular weight excluding hydrogens is 320 g/mol. The van der Waals surface area contributed by atoms with Crippen molar-refractivity contribution in [2.45, 2.75) is 33.6 Å². The molecule has 1 aromatic rings. The third-order valence-electron chi connectivity index (χ3n) is 5.22. The van der Waals surface area contributed by atoms with Crippen LogP contribution in [0.5, 0.6) is 0 Å². The van der Waals surface area contributed by atoms with Crippen LogP contribution in [-0.4, -0.2) is 76.7 Å². The number of aryl methyl sites for hydroxylation is 1. The topological polar surface area (TPSA) is 76.7 Å². The molecule has 3 heterocycles. The fourth-order valence-corrected chi connectivity index (χ4v) is 3.86. The molecule has 2 aliphatic heterocycles. The number of piperazine rings is 1. The number of rotatable bonds is 2. The number of nitrogens with one attached hydrogen (secondary N) is 1. The number of amides is 3. The summed E-state index contributed by atoms with van der Waals surface area (Å²) in [5.41, 5.74) is 2.54. The van der Waals surface area contributed by atoms with Crippen LogP contribution in [0.15, 0.2) is 0 Å². The van der Waals surface area contributed by atoms with Crippen LogP contribution in [0.25, 0.3) is 0 Å². The highest BCUT2D eigenvalue weighted by Crippen LogP contribution is 2.21. The van der Waals surface area contributed by atoms with Gasteiger partial charge in [0.15, 0.2) is 5.78 Å².